The Labute approximate surface area is 89.5 Å². The van der Waals surface area contributed by atoms with Gasteiger partial charge in [-0.2, -0.15) is 5.26 Å². The van der Waals surface area contributed by atoms with Crippen LogP contribution in [0.4, 0.5) is 0 Å². The molecule has 1 saturated heterocycles. The Hall–Kier alpha value is -1.37. The summed E-state index contributed by atoms with van der Waals surface area (Å²) >= 11 is 0. The van der Waals surface area contributed by atoms with E-state index in [9.17, 15) is 0 Å². The first kappa shape index (κ1) is 10.2. The van der Waals surface area contributed by atoms with Crippen molar-refractivity contribution in [2.24, 2.45) is 5.73 Å². The zero-order chi connectivity index (χ0) is 10.7. The Kier molecular flexibility index (Phi) is 2.72. The van der Waals surface area contributed by atoms with Crippen molar-refractivity contribution in [1.29, 1.82) is 5.26 Å². The second-order valence-corrected chi connectivity index (χ2v) is 3.96. The van der Waals surface area contributed by atoms with Crippen LogP contribution < -0.4 is 5.73 Å². The Morgan fingerprint density at radius 2 is 2.07 bits per heavy atom. The van der Waals surface area contributed by atoms with Gasteiger partial charge in [-0.25, -0.2) is 0 Å². The summed E-state index contributed by atoms with van der Waals surface area (Å²) in [6.07, 6.45) is 1.64. The molecule has 3 heteroatoms. The number of rotatable bonds is 1. The Morgan fingerprint density at radius 1 is 1.33 bits per heavy atom. The quantitative estimate of drug-likeness (QED) is 0.751. The van der Waals surface area contributed by atoms with E-state index in [1.165, 1.54) is 0 Å². The number of hydrogen-bond acceptors (Lipinski definition) is 3. The van der Waals surface area contributed by atoms with Crippen LogP contribution in [0.2, 0.25) is 0 Å². The minimum Gasteiger partial charge on any atom is -0.381 e. The summed E-state index contributed by atoms with van der Waals surface area (Å²) in [6.45, 7) is 1.40. The molecule has 0 unspecified atom stereocenters. The van der Waals surface area contributed by atoms with E-state index in [1.807, 2.05) is 18.2 Å². The van der Waals surface area contributed by atoms with Gasteiger partial charge < -0.3 is 10.5 Å². The summed E-state index contributed by atoms with van der Waals surface area (Å²) in [6, 6.07) is 9.69. The number of benzene rings is 1. The van der Waals surface area contributed by atoms with E-state index in [1.54, 1.807) is 6.07 Å². The maximum atomic E-state index is 8.83. The Balaban J connectivity index is 2.31. The smallest absolute Gasteiger partial charge is 0.0991 e. The van der Waals surface area contributed by atoms with Gasteiger partial charge >= 0.3 is 0 Å². The second kappa shape index (κ2) is 4.01. The molecule has 78 valence electrons. The fraction of sp³-hybridized carbons (Fsp3) is 0.417. The summed E-state index contributed by atoms with van der Waals surface area (Å²) < 4.78 is 5.30. The van der Waals surface area contributed by atoms with Crippen LogP contribution in [0.25, 0.3) is 0 Å². The van der Waals surface area contributed by atoms with E-state index in [0.717, 1.165) is 18.4 Å². The van der Waals surface area contributed by atoms with E-state index in [0.29, 0.717) is 18.8 Å². The number of nitriles is 1. The summed E-state index contributed by atoms with van der Waals surface area (Å²) in [5.41, 5.74) is 7.72. The molecule has 0 saturated carbocycles. The average Bonchev–Trinajstić information content (AvgIpc) is 2.30. The standard InChI is InChI=1S/C12H14N2O/c13-9-10-2-1-3-11(8-10)12(14)4-6-15-7-5-12/h1-3,8H,4-7,14H2. The Bertz CT molecular complexity index is 389. The highest BCUT2D eigenvalue weighted by Crippen LogP contribution is 2.29. The van der Waals surface area contributed by atoms with Crippen molar-refractivity contribution < 1.29 is 4.74 Å². The molecule has 1 fully saturated rings. The van der Waals surface area contributed by atoms with Gasteiger partial charge in [0.05, 0.1) is 11.6 Å². The van der Waals surface area contributed by atoms with Crippen molar-refractivity contribution >= 4 is 0 Å². The molecule has 1 heterocycles. The van der Waals surface area contributed by atoms with Crippen molar-refractivity contribution in [3.8, 4) is 6.07 Å². The molecule has 2 N–H and O–H groups in total. The summed E-state index contributed by atoms with van der Waals surface area (Å²) in [5.74, 6) is 0. The van der Waals surface area contributed by atoms with E-state index in [-0.39, 0.29) is 5.54 Å². The van der Waals surface area contributed by atoms with Crippen molar-refractivity contribution in [1.82, 2.24) is 0 Å². The molecule has 0 radical (unpaired) electrons. The molecular weight excluding hydrogens is 188 g/mol. The van der Waals surface area contributed by atoms with Crippen molar-refractivity contribution in [3.05, 3.63) is 35.4 Å². The van der Waals surface area contributed by atoms with Crippen LogP contribution in [0.5, 0.6) is 0 Å². The lowest BCUT2D eigenvalue weighted by atomic mass is 9.83. The third-order valence-electron chi connectivity index (χ3n) is 2.95. The molecule has 2 rings (SSSR count). The molecule has 0 atom stereocenters. The number of ether oxygens (including phenoxy) is 1. The van der Waals surface area contributed by atoms with Gasteiger partial charge in [0.15, 0.2) is 0 Å². The lowest BCUT2D eigenvalue weighted by molar-refractivity contribution is 0.0522. The lowest BCUT2D eigenvalue weighted by Gasteiger charge is -2.33. The van der Waals surface area contributed by atoms with E-state index >= 15 is 0 Å². The monoisotopic (exact) mass is 202 g/mol. The zero-order valence-electron chi connectivity index (χ0n) is 8.57. The van der Waals surface area contributed by atoms with Gasteiger partial charge in [0.1, 0.15) is 0 Å². The summed E-state index contributed by atoms with van der Waals surface area (Å²) in [4.78, 5) is 0. The molecule has 3 nitrogen and oxygen atoms in total. The minimum absolute atomic E-state index is 0.314. The van der Waals surface area contributed by atoms with Gasteiger partial charge in [-0.3, -0.25) is 0 Å². The van der Waals surface area contributed by atoms with Crippen LogP contribution in [0, 0.1) is 11.3 Å². The van der Waals surface area contributed by atoms with E-state index in [4.69, 9.17) is 15.7 Å². The molecule has 1 aromatic carbocycles. The lowest BCUT2D eigenvalue weighted by Crippen LogP contribution is -2.42. The zero-order valence-corrected chi connectivity index (χ0v) is 8.57. The van der Waals surface area contributed by atoms with Crippen molar-refractivity contribution in [2.75, 3.05) is 13.2 Å². The van der Waals surface area contributed by atoms with Gasteiger partial charge in [0.2, 0.25) is 0 Å². The maximum Gasteiger partial charge on any atom is 0.0991 e. The van der Waals surface area contributed by atoms with E-state index < -0.39 is 0 Å². The van der Waals surface area contributed by atoms with Gasteiger partial charge in [-0.05, 0) is 30.5 Å². The van der Waals surface area contributed by atoms with Gasteiger partial charge in [0, 0.05) is 18.8 Å². The first-order valence-electron chi connectivity index (χ1n) is 5.12. The number of hydrogen-bond donors (Lipinski definition) is 1. The second-order valence-electron chi connectivity index (χ2n) is 3.96. The third-order valence-corrected chi connectivity index (χ3v) is 2.95. The van der Waals surface area contributed by atoms with Gasteiger partial charge in [-0.1, -0.05) is 12.1 Å². The predicted molar refractivity (Wildman–Crippen MR) is 57.1 cm³/mol. The number of nitrogens with two attached hydrogens (primary N) is 1. The largest absolute Gasteiger partial charge is 0.381 e. The van der Waals surface area contributed by atoms with E-state index in [2.05, 4.69) is 6.07 Å². The Morgan fingerprint density at radius 3 is 2.73 bits per heavy atom. The van der Waals surface area contributed by atoms with Crippen LogP contribution in [0.15, 0.2) is 24.3 Å². The highest BCUT2D eigenvalue weighted by molar-refractivity contribution is 5.36. The van der Waals surface area contributed by atoms with Crippen LogP contribution in [-0.4, -0.2) is 13.2 Å². The van der Waals surface area contributed by atoms with Crippen LogP contribution in [-0.2, 0) is 10.3 Å². The predicted octanol–water partition coefficient (Wildman–Crippen LogP) is 1.52. The molecule has 1 aliphatic heterocycles. The third kappa shape index (κ3) is 2.01. The molecule has 1 aliphatic rings. The highest BCUT2D eigenvalue weighted by atomic mass is 16.5. The molecule has 0 aromatic heterocycles. The van der Waals surface area contributed by atoms with Gasteiger partial charge in [0.25, 0.3) is 0 Å². The van der Waals surface area contributed by atoms with Gasteiger partial charge in [-0.15, -0.1) is 0 Å². The first-order valence-corrected chi connectivity index (χ1v) is 5.12. The maximum absolute atomic E-state index is 8.83. The molecule has 0 bridgehead atoms. The summed E-state index contributed by atoms with van der Waals surface area (Å²) in [5, 5.41) is 8.83. The van der Waals surface area contributed by atoms with Crippen LogP contribution >= 0.6 is 0 Å². The molecule has 0 amide bonds. The average molecular weight is 202 g/mol. The molecular formula is C12H14N2O. The van der Waals surface area contributed by atoms with Crippen LogP contribution in [0.3, 0.4) is 0 Å². The fourth-order valence-corrected chi connectivity index (χ4v) is 1.92. The highest BCUT2D eigenvalue weighted by Gasteiger charge is 2.29. The summed E-state index contributed by atoms with van der Waals surface area (Å²) in [7, 11) is 0. The van der Waals surface area contributed by atoms with Crippen molar-refractivity contribution in [2.45, 2.75) is 18.4 Å². The first-order chi connectivity index (χ1) is 7.24. The molecule has 0 aliphatic carbocycles. The molecule has 15 heavy (non-hydrogen) atoms. The SMILES string of the molecule is N#Cc1cccc(C2(N)CCOCC2)c1. The fourth-order valence-electron chi connectivity index (χ4n) is 1.92. The molecule has 1 aromatic rings. The topological polar surface area (TPSA) is 59.0 Å². The normalized spacial score (nSPS) is 19.5. The minimum atomic E-state index is -0.314. The number of nitrogens with zero attached hydrogens (tertiary/aromatic N) is 1. The van der Waals surface area contributed by atoms with Crippen molar-refractivity contribution in [3.63, 3.8) is 0 Å². The van der Waals surface area contributed by atoms with Crippen LogP contribution in [0.1, 0.15) is 24.0 Å². The molecule has 0 spiro atoms.